The summed E-state index contributed by atoms with van der Waals surface area (Å²) in [6, 6.07) is 7.25. The van der Waals surface area contributed by atoms with Crippen LogP contribution in [0.1, 0.15) is 24.3 Å². The number of likely N-dealkylation sites (tertiary alicyclic amines) is 1. The van der Waals surface area contributed by atoms with Gasteiger partial charge in [-0.15, -0.1) is 0 Å². The van der Waals surface area contributed by atoms with Crippen LogP contribution in [0.5, 0.6) is 0 Å². The molecule has 0 bridgehead atoms. The molecule has 1 amide bonds. The van der Waals surface area contributed by atoms with E-state index in [1.807, 2.05) is 24.0 Å². The molecule has 0 aliphatic carbocycles. The number of nitrogens with zero attached hydrogens (tertiary/aromatic N) is 2. The smallest absolute Gasteiger partial charge is 0.228 e. The summed E-state index contributed by atoms with van der Waals surface area (Å²) in [7, 11) is 0. The molecule has 1 aromatic heterocycles. The summed E-state index contributed by atoms with van der Waals surface area (Å²) in [6.45, 7) is 3.32. The highest BCUT2D eigenvalue weighted by molar-refractivity contribution is 6.30. The Labute approximate surface area is 146 Å². The van der Waals surface area contributed by atoms with Gasteiger partial charge in [-0.1, -0.05) is 11.6 Å². The maximum Gasteiger partial charge on any atom is 0.228 e. The van der Waals surface area contributed by atoms with Crippen LogP contribution in [-0.4, -0.2) is 40.6 Å². The zero-order valence-electron chi connectivity index (χ0n) is 13.7. The molecule has 1 fully saturated rings. The highest BCUT2D eigenvalue weighted by Crippen LogP contribution is 2.24. The summed E-state index contributed by atoms with van der Waals surface area (Å²) in [5, 5.41) is 9.95. The van der Waals surface area contributed by atoms with Gasteiger partial charge >= 0.3 is 0 Å². The summed E-state index contributed by atoms with van der Waals surface area (Å²) in [5.74, 6) is 1.38. The number of hydrogen-bond donors (Lipinski definition) is 1. The molecule has 6 heteroatoms. The first-order valence-electron chi connectivity index (χ1n) is 8.17. The topological polar surface area (TPSA) is 66.6 Å². The van der Waals surface area contributed by atoms with Crippen LogP contribution in [0.25, 0.3) is 11.5 Å². The predicted octanol–water partition coefficient (Wildman–Crippen LogP) is 3.08. The van der Waals surface area contributed by atoms with Crippen LogP contribution < -0.4 is 0 Å². The Morgan fingerprint density at radius 1 is 1.42 bits per heavy atom. The number of halogens is 1. The van der Waals surface area contributed by atoms with Gasteiger partial charge in [0.25, 0.3) is 0 Å². The van der Waals surface area contributed by atoms with Crippen LogP contribution in [0.4, 0.5) is 0 Å². The monoisotopic (exact) mass is 348 g/mol. The van der Waals surface area contributed by atoms with Crippen molar-refractivity contribution in [2.75, 3.05) is 19.7 Å². The van der Waals surface area contributed by atoms with Crippen molar-refractivity contribution in [3.05, 3.63) is 40.7 Å². The fourth-order valence-corrected chi connectivity index (χ4v) is 3.13. The third kappa shape index (κ3) is 3.79. The normalized spacial score (nSPS) is 18.0. The molecule has 2 aromatic rings. The minimum Gasteiger partial charge on any atom is -0.441 e. The SMILES string of the molecule is Cc1oc(-c2ccc(Cl)cc2)nc1CC(=O)N1CCCC(CO)C1. The zero-order valence-corrected chi connectivity index (χ0v) is 14.4. The molecule has 1 atom stereocenters. The van der Waals surface area contributed by atoms with Crippen LogP contribution in [0.2, 0.25) is 5.02 Å². The Morgan fingerprint density at radius 2 is 2.17 bits per heavy atom. The Hall–Kier alpha value is -1.85. The molecule has 3 rings (SSSR count). The number of carbonyl (C=O) groups is 1. The quantitative estimate of drug-likeness (QED) is 0.922. The number of carbonyl (C=O) groups excluding carboxylic acids is 1. The second-order valence-electron chi connectivity index (χ2n) is 6.24. The van der Waals surface area contributed by atoms with Gasteiger partial charge in [-0.25, -0.2) is 4.98 Å². The number of benzene rings is 1. The number of aromatic nitrogens is 1. The summed E-state index contributed by atoms with van der Waals surface area (Å²) in [5.41, 5.74) is 1.50. The van der Waals surface area contributed by atoms with Crippen LogP contribution >= 0.6 is 11.6 Å². The lowest BCUT2D eigenvalue weighted by Crippen LogP contribution is -2.41. The van der Waals surface area contributed by atoms with Crippen LogP contribution in [-0.2, 0) is 11.2 Å². The van der Waals surface area contributed by atoms with Gasteiger partial charge in [0.1, 0.15) is 5.76 Å². The van der Waals surface area contributed by atoms with Crippen molar-refractivity contribution >= 4 is 17.5 Å². The number of hydrogen-bond acceptors (Lipinski definition) is 4. The highest BCUT2D eigenvalue weighted by atomic mass is 35.5. The van der Waals surface area contributed by atoms with Gasteiger partial charge in [0.2, 0.25) is 11.8 Å². The van der Waals surface area contributed by atoms with E-state index in [1.54, 1.807) is 12.1 Å². The van der Waals surface area contributed by atoms with Crippen LogP contribution in [0.3, 0.4) is 0 Å². The van der Waals surface area contributed by atoms with Gasteiger partial charge in [0, 0.05) is 30.3 Å². The zero-order chi connectivity index (χ0) is 17.1. The summed E-state index contributed by atoms with van der Waals surface area (Å²) >= 11 is 5.90. The molecule has 24 heavy (non-hydrogen) atoms. The van der Waals surface area contributed by atoms with E-state index in [0.29, 0.717) is 28.9 Å². The molecule has 1 aliphatic rings. The van der Waals surface area contributed by atoms with Crippen molar-refractivity contribution in [3.8, 4) is 11.5 Å². The standard InChI is InChI=1S/C18H21ClN2O3/c1-12-16(9-17(23)21-8-2-3-13(10-21)11-22)20-18(24-12)14-4-6-15(19)7-5-14/h4-7,13,22H,2-3,8-11H2,1H3. The average molecular weight is 349 g/mol. The van der Waals surface area contributed by atoms with Crippen molar-refractivity contribution < 1.29 is 14.3 Å². The van der Waals surface area contributed by atoms with Crippen LogP contribution in [0, 0.1) is 12.8 Å². The lowest BCUT2D eigenvalue weighted by Gasteiger charge is -2.31. The Bertz CT molecular complexity index is 712. The summed E-state index contributed by atoms with van der Waals surface area (Å²) in [4.78, 5) is 18.8. The van der Waals surface area contributed by atoms with Crippen molar-refractivity contribution in [2.24, 2.45) is 5.92 Å². The van der Waals surface area contributed by atoms with Crippen molar-refractivity contribution in [1.29, 1.82) is 0 Å². The van der Waals surface area contributed by atoms with E-state index < -0.39 is 0 Å². The number of aliphatic hydroxyl groups is 1. The second kappa shape index (κ2) is 7.36. The molecule has 0 spiro atoms. The fourth-order valence-electron chi connectivity index (χ4n) is 3.00. The number of aryl methyl sites for hydroxylation is 1. The van der Waals surface area contributed by atoms with E-state index in [9.17, 15) is 9.90 Å². The van der Waals surface area contributed by atoms with Gasteiger partial charge in [-0.05, 0) is 49.9 Å². The molecule has 1 saturated heterocycles. The lowest BCUT2D eigenvalue weighted by molar-refractivity contribution is -0.132. The third-order valence-electron chi connectivity index (χ3n) is 4.43. The average Bonchev–Trinajstić information content (AvgIpc) is 2.96. The predicted molar refractivity (Wildman–Crippen MR) is 91.8 cm³/mol. The molecule has 1 aromatic carbocycles. The number of rotatable bonds is 4. The molecule has 0 radical (unpaired) electrons. The van der Waals surface area contributed by atoms with Gasteiger partial charge in [-0.3, -0.25) is 4.79 Å². The van der Waals surface area contributed by atoms with Crippen molar-refractivity contribution in [2.45, 2.75) is 26.2 Å². The number of aliphatic hydroxyl groups excluding tert-OH is 1. The first kappa shape index (κ1) is 17.0. The van der Waals surface area contributed by atoms with Gasteiger partial charge in [0.15, 0.2) is 0 Å². The third-order valence-corrected chi connectivity index (χ3v) is 4.68. The molecular weight excluding hydrogens is 328 g/mol. The van der Waals surface area contributed by atoms with Crippen LogP contribution in [0.15, 0.2) is 28.7 Å². The van der Waals surface area contributed by atoms with E-state index in [1.165, 1.54) is 0 Å². The Morgan fingerprint density at radius 3 is 2.88 bits per heavy atom. The molecule has 1 N–H and O–H groups in total. The molecule has 0 saturated carbocycles. The Kier molecular flexibility index (Phi) is 5.21. The number of oxazole rings is 1. The molecular formula is C18H21ClN2O3. The Balaban J connectivity index is 1.71. The molecule has 5 nitrogen and oxygen atoms in total. The van der Waals surface area contributed by atoms with E-state index in [2.05, 4.69) is 4.98 Å². The molecule has 1 unspecified atom stereocenters. The van der Waals surface area contributed by atoms with Gasteiger partial charge < -0.3 is 14.4 Å². The highest BCUT2D eigenvalue weighted by Gasteiger charge is 2.24. The molecule has 128 valence electrons. The summed E-state index contributed by atoms with van der Waals surface area (Å²) in [6.07, 6.45) is 2.13. The minimum atomic E-state index is 0.0345. The molecule has 1 aliphatic heterocycles. The maximum atomic E-state index is 12.5. The second-order valence-corrected chi connectivity index (χ2v) is 6.67. The first-order chi connectivity index (χ1) is 11.6. The largest absolute Gasteiger partial charge is 0.441 e. The van der Waals surface area contributed by atoms with Crippen molar-refractivity contribution in [3.63, 3.8) is 0 Å². The van der Waals surface area contributed by atoms with E-state index >= 15 is 0 Å². The van der Waals surface area contributed by atoms with Gasteiger partial charge in [0.05, 0.1) is 12.1 Å². The van der Waals surface area contributed by atoms with E-state index in [-0.39, 0.29) is 24.9 Å². The van der Waals surface area contributed by atoms with Crippen molar-refractivity contribution in [1.82, 2.24) is 9.88 Å². The minimum absolute atomic E-state index is 0.0345. The first-order valence-corrected chi connectivity index (χ1v) is 8.55. The van der Waals surface area contributed by atoms with E-state index in [4.69, 9.17) is 16.0 Å². The fraction of sp³-hybridized carbons (Fsp3) is 0.444. The lowest BCUT2D eigenvalue weighted by atomic mass is 9.98. The number of amides is 1. The van der Waals surface area contributed by atoms with Gasteiger partial charge in [-0.2, -0.15) is 0 Å². The molecule has 2 heterocycles. The maximum absolute atomic E-state index is 12.5. The summed E-state index contributed by atoms with van der Waals surface area (Å²) < 4.78 is 5.71. The van der Waals surface area contributed by atoms with E-state index in [0.717, 1.165) is 24.9 Å². The number of piperidine rings is 1.